The van der Waals surface area contributed by atoms with Gasteiger partial charge in [-0.15, -0.1) is 0 Å². The van der Waals surface area contributed by atoms with Gasteiger partial charge in [0.25, 0.3) is 0 Å². The number of carbonyl (C=O) groups is 1. The number of rotatable bonds is 6. The van der Waals surface area contributed by atoms with Gasteiger partial charge >= 0.3 is 0 Å². The largest absolute Gasteiger partial charge is 0.439 e. The Kier molecular flexibility index (Phi) is 4.16. The first-order valence-corrected chi connectivity index (χ1v) is 8.29. The molecule has 2 heterocycles. The van der Waals surface area contributed by atoms with Gasteiger partial charge in [0, 0.05) is 30.6 Å². The third kappa shape index (κ3) is 4.03. The normalized spacial score (nSPS) is 13.4. The van der Waals surface area contributed by atoms with E-state index in [4.69, 9.17) is 4.74 Å². The van der Waals surface area contributed by atoms with Crippen molar-refractivity contribution >= 4 is 11.6 Å². The lowest BCUT2D eigenvalue weighted by atomic mass is 10.2. The van der Waals surface area contributed by atoms with Crippen molar-refractivity contribution in [1.29, 1.82) is 0 Å². The van der Waals surface area contributed by atoms with Crippen LogP contribution in [0, 0.1) is 5.92 Å². The quantitative estimate of drug-likeness (QED) is 0.744. The van der Waals surface area contributed by atoms with Crippen molar-refractivity contribution in [3.63, 3.8) is 0 Å². The fourth-order valence-electron chi connectivity index (χ4n) is 2.54. The molecule has 0 atom stereocenters. The van der Waals surface area contributed by atoms with Crippen LogP contribution in [0.25, 0.3) is 5.82 Å². The molecule has 0 bridgehead atoms. The summed E-state index contributed by atoms with van der Waals surface area (Å²) in [5, 5.41) is 2.91. The van der Waals surface area contributed by atoms with E-state index in [-0.39, 0.29) is 5.91 Å². The first-order valence-electron chi connectivity index (χ1n) is 8.29. The molecule has 1 aliphatic rings. The first-order chi connectivity index (χ1) is 12.3. The van der Waals surface area contributed by atoms with Crippen LogP contribution in [0.5, 0.6) is 11.6 Å². The van der Waals surface area contributed by atoms with E-state index in [2.05, 4.69) is 15.3 Å². The van der Waals surface area contributed by atoms with Crippen LogP contribution in [-0.4, -0.2) is 20.4 Å². The summed E-state index contributed by atoms with van der Waals surface area (Å²) in [6.45, 7) is 0. The highest BCUT2D eigenvalue weighted by atomic mass is 16.5. The Morgan fingerprint density at radius 2 is 1.92 bits per heavy atom. The predicted octanol–water partition coefficient (Wildman–Crippen LogP) is 3.80. The molecule has 1 fully saturated rings. The van der Waals surface area contributed by atoms with Crippen LogP contribution < -0.4 is 10.1 Å². The van der Waals surface area contributed by atoms with E-state index in [1.807, 2.05) is 53.4 Å². The third-order valence-corrected chi connectivity index (χ3v) is 4.03. The second kappa shape index (κ2) is 6.76. The van der Waals surface area contributed by atoms with E-state index in [1.165, 1.54) is 19.2 Å². The second-order valence-corrected chi connectivity index (χ2v) is 6.13. The maximum atomic E-state index is 11.8. The molecule has 0 unspecified atom stereocenters. The van der Waals surface area contributed by atoms with Crippen molar-refractivity contribution in [2.24, 2.45) is 5.92 Å². The number of benzene rings is 1. The van der Waals surface area contributed by atoms with Gasteiger partial charge in [-0.05, 0) is 55.2 Å². The maximum absolute atomic E-state index is 11.8. The van der Waals surface area contributed by atoms with Crippen molar-refractivity contribution in [3.8, 4) is 17.4 Å². The number of amides is 1. The molecule has 6 heteroatoms. The van der Waals surface area contributed by atoms with Crippen LogP contribution in [-0.2, 0) is 4.79 Å². The molecule has 0 radical (unpaired) electrons. The van der Waals surface area contributed by atoms with Crippen molar-refractivity contribution in [2.45, 2.75) is 19.3 Å². The van der Waals surface area contributed by atoms with Crippen LogP contribution in [0.1, 0.15) is 19.3 Å². The van der Waals surface area contributed by atoms with Gasteiger partial charge in [0.15, 0.2) is 0 Å². The molecule has 0 aliphatic heterocycles. The average Bonchev–Trinajstić information content (AvgIpc) is 3.25. The molecule has 0 saturated heterocycles. The van der Waals surface area contributed by atoms with Crippen LogP contribution in [0.3, 0.4) is 0 Å². The highest BCUT2D eigenvalue weighted by Gasteiger charge is 2.24. The molecule has 0 spiro atoms. The number of aromatic nitrogens is 3. The van der Waals surface area contributed by atoms with Crippen LogP contribution >= 0.6 is 0 Å². The van der Waals surface area contributed by atoms with E-state index in [1.54, 1.807) is 6.07 Å². The van der Waals surface area contributed by atoms with Crippen LogP contribution in [0.2, 0.25) is 0 Å². The Labute approximate surface area is 145 Å². The lowest BCUT2D eigenvalue weighted by molar-refractivity contribution is -0.116. The van der Waals surface area contributed by atoms with Crippen LogP contribution in [0.15, 0.2) is 61.2 Å². The molecular formula is C19H18N4O2. The lowest BCUT2D eigenvalue weighted by Crippen LogP contribution is -2.11. The van der Waals surface area contributed by atoms with Crippen molar-refractivity contribution < 1.29 is 9.53 Å². The Balaban J connectivity index is 1.40. The maximum Gasteiger partial charge on any atom is 0.224 e. The molecule has 6 nitrogen and oxygen atoms in total. The van der Waals surface area contributed by atoms with E-state index in [9.17, 15) is 4.79 Å². The minimum atomic E-state index is 0.0725. The number of anilines is 1. The molecule has 3 aromatic rings. The standard InChI is InChI=1S/C19H18N4O2/c24-18(11-14-3-4-14)22-15-5-7-16(8-6-15)25-19-12-17(20-13-21-19)23-9-1-2-10-23/h1-2,5-10,12-14H,3-4,11H2,(H,22,24). The summed E-state index contributed by atoms with van der Waals surface area (Å²) < 4.78 is 7.66. The minimum absolute atomic E-state index is 0.0725. The fourth-order valence-corrected chi connectivity index (χ4v) is 2.54. The summed E-state index contributed by atoms with van der Waals surface area (Å²) in [6, 6.07) is 12.9. The summed E-state index contributed by atoms with van der Waals surface area (Å²) >= 11 is 0. The SMILES string of the molecule is O=C(CC1CC1)Nc1ccc(Oc2cc(-n3cccc3)ncn2)cc1. The Bertz CT molecular complexity index is 855. The predicted molar refractivity (Wildman–Crippen MR) is 93.8 cm³/mol. The van der Waals surface area contributed by atoms with Gasteiger partial charge in [-0.1, -0.05) is 0 Å². The van der Waals surface area contributed by atoms with E-state index < -0.39 is 0 Å². The van der Waals surface area contributed by atoms with E-state index >= 15 is 0 Å². The zero-order chi connectivity index (χ0) is 17.1. The number of hydrogen-bond donors (Lipinski definition) is 1. The smallest absolute Gasteiger partial charge is 0.224 e. The number of nitrogens with one attached hydrogen (secondary N) is 1. The van der Waals surface area contributed by atoms with Gasteiger partial charge in [-0.2, -0.15) is 0 Å². The number of hydrogen-bond acceptors (Lipinski definition) is 4. The number of ether oxygens (including phenoxy) is 1. The lowest BCUT2D eigenvalue weighted by Gasteiger charge is -2.08. The highest BCUT2D eigenvalue weighted by Crippen LogP contribution is 2.32. The fraction of sp³-hybridized carbons (Fsp3) is 0.211. The zero-order valence-electron chi connectivity index (χ0n) is 13.6. The average molecular weight is 334 g/mol. The summed E-state index contributed by atoms with van der Waals surface area (Å²) in [5.74, 6) is 2.50. The second-order valence-electron chi connectivity index (χ2n) is 6.13. The van der Waals surface area contributed by atoms with Gasteiger partial charge in [0.1, 0.15) is 17.9 Å². The Morgan fingerprint density at radius 3 is 2.64 bits per heavy atom. The Morgan fingerprint density at radius 1 is 1.16 bits per heavy atom. The molecule has 1 N–H and O–H groups in total. The van der Waals surface area contributed by atoms with Crippen molar-refractivity contribution in [2.75, 3.05) is 5.32 Å². The van der Waals surface area contributed by atoms with Gasteiger partial charge in [0.05, 0.1) is 0 Å². The van der Waals surface area contributed by atoms with E-state index in [0.717, 1.165) is 11.5 Å². The number of carbonyl (C=O) groups excluding carboxylic acids is 1. The van der Waals surface area contributed by atoms with Crippen LogP contribution in [0.4, 0.5) is 5.69 Å². The summed E-state index contributed by atoms with van der Waals surface area (Å²) in [6.07, 6.45) is 8.24. The summed E-state index contributed by atoms with van der Waals surface area (Å²) in [4.78, 5) is 20.2. The van der Waals surface area contributed by atoms with Crippen molar-refractivity contribution in [3.05, 3.63) is 61.2 Å². The molecule has 1 amide bonds. The highest BCUT2D eigenvalue weighted by molar-refractivity contribution is 5.91. The van der Waals surface area contributed by atoms with Gasteiger partial charge in [-0.3, -0.25) is 4.79 Å². The summed E-state index contributed by atoms with van der Waals surface area (Å²) in [7, 11) is 0. The summed E-state index contributed by atoms with van der Waals surface area (Å²) in [5.41, 5.74) is 0.772. The topological polar surface area (TPSA) is 69.0 Å². The molecule has 1 aliphatic carbocycles. The van der Waals surface area contributed by atoms with E-state index in [0.29, 0.717) is 24.0 Å². The molecular weight excluding hydrogens is 316 g/mol. The van der Waals surface area contributed by atoms with Gasteiger partial charge < -0.3 is 14.6 Å². The first kappa shape index (κ1) is 15.4. The van der Waals surface area contributed by atoms with Crippen molar-refractivity contribution in [1.82, 2.24) is 14.5 Å². The molecule has 126 valence electrons. The molecule has 25 heavy (non-hydrogen) atoms. The third-order valence-electron chi connectivity index (χ3n) is 4.03. The zero-order valence-corrected chi connectivity index (χ0v) is 13.6. The molecule has 2 aromatic heterocycles. The van der Waals surface area contributed by atoms with Gasteiger partial charge in [0.2, 0.25) is 11.8 Å². The molecule has 4 rings (SSSR count). The molecule has 1 aromatic carbocycles. The van der Waals surface area contributed by atoms with Gasteiger partial charge in [-0.25, -0.2) is 9.97 Å². The Hall–Kier alpha value is -3.15. The number of nitrogens with zero attached hydrogens (tertiary/aromatic N) is 3. The minimum Gasteiger partial charge on any atom is -0.439 e. The molecule has 1 saturated carbocycles. The monoisotopic (exact) mass is 334 g/mol.